The van der Waals surface area contributed by atoms with Gasteiger partial charge in [0.2, 0.25) is 0 Å². The minimum Gasteiger partial charge on any atom is -0.326 e. The van der Waals surface area contributed by atoms with Crippen LogP contribution in [0.3, 0.4) is 0 Å². The summed E-state index contributed by atoms with van der Waals surface area (Å²) in [7, 11) is 0. The lowest BCUT2D eigenvalue weighted by atomic mass is 10.1. The maximum atomic E-state index is 6.35. The zero-order valence-corrected chi connectivity index (χ0v) is 13.5. The quantitative estimate of drug-likeness (QED) is 0.802. The van der Waals surface area contributed by atoms with Crippen LogP contribution in [0.4, 0.5) is 0 Å². The second kappa shape index (κ2) is 6.33. The van der Waals surface area contributed by atoms with Crippen molar-refractivity contribution in [1.82, 2.24) is 0 Å². The molecule has 0 amide bonds. The van der Waals surface area contributed by atoms with Gasteiger partial charge in [0.25, 0.3) is 0 Å². The maximum Gasteiger partial charge on any atom is 0.0503 e. The summed E-state index contributed by atoms with van der Waals surface area (Å²) >= 11 is 3.68. The normalized spacial score (nSPS) is 16.9. The fraction of sp³-hybridized carbons (Fsp3) is 0.412. The van der Waals surface area contributed by atoms with E-state index in [-0.39, 0.29) is 6.04 Å². The number of thiophene rings is 1. The van der Waals surface area contributed by atoms with Crippen LogP contribution in [0.2, 0.25) is 0 Å². The van der Waals surface area contributed by atoms with E-state index in [1.165, 1.54) is 29.7 Å². The van der Waals surface area contributed by atoms with Gasteiger partial charge >= 0.3 is 0 Å². The Morgan fingerprint density at radius 2 is 2.10 bits per heavy atom. The van der Waals surface area contributed by atoms with Gasteiger partial charge in [0.1, 0.15) is 0 Å². The molecule has 2 N–H and O–H groups in total. The van der Waals surface area contributed by atoms with Gasteiger partial charge in [0.05, 0.1) is 5.25 Å². The molecule has 1 nitrogen and oxygen atoms in total. The Hall–Kier alpha value is -0.770. The van der Waals surface area contributed by atoms with Crippen molar-refractivity contribution < 1.29 is 0 Å². The first-order valence-electron chi connectivity index (χ1n) is 7.34. The molecule has 1 heterocycles. The molecule has 2 unspecified atom stereocenters. The van der Waals surface area contributed by atoms with Crippen molar-refractivity contribution in [3.63, 3.8) is 0 Å². The first-order chi connectivity index (χ1) is 9.78. The van der Waals surface area contributed by atoms with Crippen LogP contribution in [-0.2, 0) is 12.8 Å². The zero-order valence-electron chi connectivity index (χ0n) is 11.8. The molecule has 0 saturated heterocycles. The van der Waals surface area contributed by atoms with E-state index < -0.39 is 0 Å². The fourth-order valence-corrected chi connectivity index (χ4v) is 4.90. The van der Waals surface area contributed by atoms with Gasteiger partial charge in [-0.25, -0.2) is 0 Å². The first-order valence-corrected chi connectivity index (χ1v) is 9.16. The van der Waals surface area contributed by atoms with Gasteiger partial charge in [-0.2, -0.15) is 11.3 Å². The summed E-state index contributed by atoms with van der Waals surface area (Å²) in [5.74, 6) is 0. The largest absolute Gasteiger partial charge is 0.326 e. The maximum absolute atomic E-state index is 6.35. The van der Waals surface area contributed by atoms with E-state index in [1.54, 1.807) is 22.5 Å². The van der Waals surface area contributed by atoms with Crippen LogP contribution in [0.1, 0.15) is 41.7 Å². The van der Waals surface area contributed by atoms with E-state index in [9.17, 15) is 0 Å². The summed E-state index contributed by atoms with van der Waals surface area (Å²) < 4.78 is 0. The van der Waals surface area contributed by atoms with Gasteiger partial charge in [0.15, 0.2) is 0 Å². The predicted molar refractivity (Wildman–Crippen MR) is 89.7 cm³/mol. The molecule has 20 heavy (non-hydrogen) atoms. The van der Waals surface area contributed by atoms with E-state index in [1.807, 2.05) is 11.8 Å². The number of benzene rings is 1. The molecule has 2 atom stereocenters. The third kappa shape index (κ3) is 2.95. The number of fused-ring (bicyclic) bond motifs is 1. The number of rotatable bonds is 5. The van der Waals surface area contributed by atoms with E-state index in [0.29, 0.717) is 5.25 Å². The van der Waals surface area contributed by atoms with Crippen molar-refractivity contribution in [3.8, 4) is 0 Å². The van der Waals surface area contributed by atoms with E-state index in [0.717, 1.165) is 6.42 Å². The van der Waals surface area contributed by atoms with Crippen molar-refractivity contribution in [2.24, 2.45) is 5.73 Å². The van der Waals surface area contributed by atoms with Crippen molar-refractivity contribution >= 4 is 23.1 Å². The van der Waals surface area contributed by atoms with Gasteiger partial charge in [-0.1, -0.05) is 13.0 Å². The molecule has 2 aromatic rings. The summed E-state index contributed by atoms with van der Waals surface area (Å²) in [6.07, 6.45) is 4.82. The molecule has 1 aromatic heterocycles. The number of hydrogen-bond donors (Lipinski definition) is 1. The molecule has 0 bridgehead atoms. The second-order valence-corrected chi connectivity index (χ2v) is 7.45. The Bertz CT molecular complexity index is 562. The summed E-state index contributed by atoms with van der Waals surface area (Å²) in [6, 6.07) is 9.39. The van der Waals surface area contributed by atoms with E-state index in [4.69, 9.17) is 5.73 Å². The number of thioether (sulfide) groups is 1. The summed E-state index contributed by atoms with van der Waals surface area (Å²) in [6.45, 7) is 2.17. The summed E-state index contributed by atoms with van der Waals surface area (Å²) in [4.78, 5) is 1.37. The molecule has 1 aliphatic carbocycles. The zero-order chi connectivity index (χ0) is 13.9. The Balaban J connectivity index is 1.83. The molecule has 0 aliphatic heterocycles. The van der Waals surface area contributed by atoms with Crippen LogP contribution in [-0.4, -0.2) is 6.04 Å². The lowest BCUT2D eigenvalue weighted by Crippen LogP contribution is -2.25. The molecule has 0 fully saturated rings. The van der Waals surface area contributed by atoms with Gasteiger partial charge < -0.3 is 5.73 Å². The number of aryl methyl sites for hydroxylation is 2. The van der Waals surface area contributed by atoms with Gasteiger partial charge in [-0.05, 0) is 71.3 Å². The monoisotopic (exact) mass is 303 g/mol. The third-order valence-corrected chi connectivity index (χ3v) is 6.17. The predicted octanol–water partition coefficient (Wildman–Crippen LogP) is 4.81. The minimum absolute atomic E-state index is 0.211. The van der Waals surface area contributed by atoms with Crippen LogP contribution in [0.25, 0.3) is 0 Å². The van der Waals surface area contributed by atoms with Crippen molar-refractivity contribution in [2.45, 2.75) is 48.8 Å². The number of nitrogens with two attached hydrogens (primary N) is 1. The summed E-state index contributed by atoms with van der Waals surface area (Å²) in [5.41, 5.74) is 10.8. The molecule has 3 rings (SSSR count). The highest BCUT2D eigenvalue weighted by molar-refractivity contribution is 7.99. The Morgan fingerprint density at radius 1 is 1.25 bits per heavy atom. The molecular formula is C17H21NS2. The Labute approximate surface area is 129 Å². The van der Waals surface area contributed by atoms with Crippen LogP contribution in [0, 0.1) is 0 Å². The van der Waals surface area contributed by atoms with Crippen LogP contribution in [0.15, 0.2) is 39.9 Å². The SMILES string of the molecule is CCC(N)C(Sc1ccc2c(c1)CCC2)c1ccsc1. The smallest absolute Gasteiger partial charge is 0.0503 e. The van der Waals surface area contributed by atoms with Gasteiger partial charge in [0, 0.05) is 10.9 Å². The van der Waals surface area contributed by atoms with Gasteiger partial charge in [-0.3, -0.25) is 0 Å². The molecular weight excluding hydrogens is 282 g/mol. The molecule has 0 spiro atoms. The standard InChI is InChI=1S/C17H21NS2/c1-2-16(18)17(14-8-9-19-11-14)20-15-7-6-12-4-3-5-13(12)10-15/h6-11,16-17H,2-5,18H2,1H3. The number of hydrogen-bond acceptors (Lipinski definition) is 3. The fourth-order valence-electron chi connectivity index (χ4n) is 2.82. The van der Waals surface area contributed by atoms with E-state index >= 15 is 0 Å². The highest BCUT2D eigenvalue weighted by Gasteiger charge is 2.21. The highest BCUT2D eigenvalue weighted by Crippen LogP contribution is 2.40. The first kappa shape index (κ1) is 14.2. The minimum atomic E-state index is 0.211. The molecule has 106 valence electrons. The molecule has 1 aromatic carbocycles. The Morgan fingerprint density at radius 3 is 2.85 bits per heavy atom. The molecule has 3 heteroatoms. The highest BCUT2D eigenvalue weighted by atomic mass is 32.2. The lowest BCUT2D eigenvalue weighted by Gasteiger charge is -2.22. The van der Waals surface area contributed by atoms with Crippen LogP contribution in [0.5, 0.6) is 0 Å². The van der Waals surface area contributed by atoms with Crippen LogP contribution >= 0.6 is 23.1 Å². The van der Waals surface area contributed by atoms with E-state index in [2.05, 4.69) is 41.9 Å². The third-order valence-electron chi connectivity index (χ3n) is 4.06. The summed E-state index contributed by atoms with van der Waals surface area (Å²) in [5, 5.41) is 4.75. The Kier molecular flexibility index (Phi) is 4.49. The average Bonchev–Trinajstić information content (AvgIpc) is 3.14. The van der Waals surface area contributed by atoms with Crippen molar-refractivity contribution in [2.75, 3.05) is 0 Å². The van der Waals surface area contributed by atoms with Crippen LogP contribution < -0.4 is 5.73 Å². The lowest BCUT2D eigenvalue weighted by molar-refractivity contribution is 0.635. The topological polar surface area (TPSA) is 26.0 Å². The second-order valence-electron chi connectivity index (χ2n) is 5.45. The average molecular weight is 303 g/mol. The molecule has 0 radical (unpaired) electrons. The van der Waals surface area contributed by atoms with Gasteiger partial charge in [-0.15, -0.1) is 11.8 Å². The molecule has 0 saturated carbocycles. The van der Waals surface area contributed by atoms with Crippen molar-refractivity contribution in [3.05, 3.63) is 51.7 Å². The van der Waals surface area contributed by atoms with Crippen molar-refractivity contribution in [1.29, 1.82) is 0 Å². The molecule has 1 aliphatic rings.